The molecule has 2 N–H and O–H groups in total. The van der Waals surface area contributed by atoms with Crippen molar-refractivity contribution in [1.82, 2.24) is 14.8 Å². The first kappa shape index (κ1) is 18.4. The molecule has 25 heavy (non-hydrogen) atoms. The highest BCUT2D eigenvalue weighted by atomic mass is 16.4. The molecule has 8 nitrogen and oxygen atoms in total. The number of pyridine rings is 1. The van der Waals surface area contributed by atoms with Crippen molar-refractivity contribution < 1.29 is 14.7 Å². The Hall–Kier alpha value is -2.90. The number of anilines is 2. The second-order valence-corrected chi connectivity index (χ2v) is 5.94. The first-order valence-corrected chi connectivity index (χ1v) is 8.07. The zero-order valence-corrected chi connectivity index (χ0v) is 14.9. The molecule has 0 fully saturated rings. The molecule has 1 amide bonds. The average Bonchev–Trinajstić information content (AvgIpc) is 2.86. The van der Waals surface area contributed by atoms with Crippen molar-refractivity contribution in [3.63, 3.8) is 0 Å². The van der Waals surface area contributed by atoms with Gasteiger partial charge in [-0.3, -0.25) is 9.48 Å². The van der Waals surface area contributed by atoms with Crippen LogP contribution in [0.4, 0.5) is 11.5 Å². The second kappa shape index (κ2) is 7.78. The van der Waals surface area contributed by atoms with Gasteiger partial charge >= 0.3 is 5.97 Å². The predicted octanol–water partition coefficient (Wildman–Crippen LogP) is 2.29. The summed E-state index contributed by atoms with van der Waals surface area (Å²) in [7, 11) is 1.78. The lowest BCUT2D eigenvalue weighted by molar-refractivity contribution is -0.114. The molecule has 0 bridgehead atoms. The first-order valence-electron chi connectivity index (χ1n) is 8.07. The van der Waals surface area contributed by atoms with Gasteiger partial charge in [0, 0.05) is 20.5 Å². The van der Waals surface area contributed by atoms with Gasteiger partial charge in [0.05, 0.1) is 29.8 Å². The minimum atomic E-state index is -1.10. The number of hydrogen-bond acceptors (Lipinski definition) is 5. The van der Waals surface area contributed by atoms with E-state index in [1.54, 1.807) is 11.9 Å². The first-order chi connectivity index (χ1) is 11.8. The molecule has 0 aliphatic heterocycles. The third-order valence-electron chi connectivity index (χ3n) is 3.60. The highest BCUT2D eigenvalue weighted by Crippen LogP contribution is 2.22. The fraction of sp³-hybridized carbons (Fsp3) is 0.412. The molecule has 8 heteroatoms. The predicted molar refractivity (Wildman–Crippen MR) is 94.9 cm³/mol. The topological polar surface area (TPSA) is 100 Å². The summed E-state index contributed by atoms with van der Waals surface area (Å²) in [5, 5.41) is 16.5. The molecule has 0 unspecified atom stereocenters. The van der Waals surface area contributed by atoms with Crippen LogP contribution >= 0.6 is 0 Å². The number of aryl methyl sites for hydroxylation is 2. The summed E-state index contributed by atoms with van der Waals surface area (Å²) in [5.41, 5.74) is 2.30. The van der Waals surface area contributed by atoms with Gasteiger partial charge < -0.3 is 15.3 Å². The van der Waals surface area contributed by atoms with E-state index in [0.717, 1.165) is 24.4 Å². The number of nitrogens with one attached hydrogen (secondary N) is 1. The van der Waals surface area contributed by atoms with E-state index in [2.05, 4.69) is 22.3 Å². The van der Waals surface area contributed by atoms with Crippen LogP contribution in [0, 0.1) is 6.92 Å². The van der Waals surface area contributed by atoms with Gasteiger partial charge in [-0.15, -0.1) is 0 Å². The van der Waals surface area contributed by atoms with E-state index in [-0.39, 0.29) is 11.5 Å². The SMILES string of the molecule is CCCn1nc(C)cc1CN(C)c1ncc(NC(C)=O)cc1C(=O)O. The van der Waals surface area contributed by atoms with Crippen LogP contribution in [0.3, 0.4) is 0 Å². The second-order valence-electron chi connectivity index (χ2n) is 5.94. The van der Waals surface area contributed by atoms with Crippen molar-refractivity contribution in [2.45, 2.75) is 40.3 Å². The van der Waals surface area contributed by atoms with E-state index in [4.69, 9.17) is 0 Å². The lowest BCUT2D eigenvalue weighted by atomic mass is 10.2. The molecule has 0 radical (unpaired) electrons. The number of hydrogen-bond donors (Lipinski definition) is 2. The van der Waals surface area contributed by atoms with Gasteiger partial charge in [0.2, 0.25) is 5.91 Å². The third-order valence-corrected chi connectivity index (χ3v) is 3.60. The lowest BCUT2D eigenvalue weighted by Gasteiger charge is -2.21. The van der Waals surface area contributed by atoms with E-state index in [1.807, 2.05) is 17.7 Å². The summed E-state index contributed by atoms with van der Waals surface area (Å²) in [6, 6.07) is 3.40. The van der Waals surface area contributed by atoms with Crippen LogP contribution in [-0.4, -0.2) is 38.8 Å². The molecular formula is C17H23N5O3. The maximum Gasteiger partial charge on any atom is 0.339 e. The third kappa shape index (κ3) is 4.56. The Morgan fingerprint density at radius 1 is 1.36 bits per heavy atom. The minimum Gasteiger partial charge on any atom is -0.478 e. The van der Waals surface area contributed by atoms with Crippen LogP contribution in [0.2, 0.25) is 0 Å². The summed E-state index contributed by atoms with van der Waals surface area (Å²) in [6.45, 7) is 6.65. The van der Waals surface area contributed by atoms with Crippen molar-refractivity contribution in [3.8, 4) is 0 Å². The van der Waals surface area contributed by atoms with Crippen LogP contribution in [-0.2, 0) is 17.9 Å². The van der Waals surface area contributed by atoms with Crippen LogP contribution in [0.5, 0.6) is 0 Å². The van der Waals surface area contributed by atoms with Gasteiger partial charge in [-0.2, -0.15) is 5.10 Å². The molecule has 2 aromatic rings. The van der Waals surface area contributed by atoms with Crippen molar-refractivity contribution in [2.24, 2.45) is 0 Å². The van der Waals surface area contributed by atoms with Crippen molar-refractivity contribution in [3.05, 3.63) is 35.3 Å². The number of carboxylic acids is 1. The summed E-state index contributed by atoms with van der Waals surface area (Å²) in [4.78, 5) is 28.7. The van der Waals surface area contributed by atoms with E-state index in [0.29, 0.717) is 18.1 Å². The van der Waals surface area contributed by atoms with Crippen molar-refractivity contribution >= 4 is 23.4 Å². The highest BCUT2D eigenvalue weighted by Gasteiger charge is 2.18. The number of carbonyl (C=O) groups is 2. The van der Waals surface area contributed by atoms with Crippen molar-refractivity contribution in [1.29, 1.82) is 0 Å². The summed E-state index contributed by atoms with van der Waals surface area (Å²) < 4.78 is 1.93. The molecule has 0 atom stereocenters. The standard InChI is InChI=1S/C17H23N5O3/c1-5-6-22-14(7-11(2)20-22)10-21(4)16-15(17(24)25)8-13(9-18-16)19-12(3)23/h7-9H,5-6,10H2,1-4H3,(H,19,23)(H,24,25). The Balaban J connectivity index is 2.30. The lowest BCUT2D eigenvalue weighted by Crippen LogP contribution is -2.23. The molecule has 134 valence electrons. The van der Waals surface area contributed by atoms with Gasteiger partial charge in [-0.05, 0) is 25.5 Å². The fourth-order valence-corrected chi connectivity index (χ4v) is 2.64. The molecular weight excluding hydrogens is 322 g/mol. The van der Waals surface area contributed by atoms with Gasteiger partial charge in [-0.25, -0.2) is 9.78 Å². The number of amides is 1. The number of carboxylic acid groups (broad SMARTS) is 1. The summed E-state index contributed by atoms with van der Waals surface area (Å²) in [6.07, 6.45) is 2.41. The number of carbonyl (C=O) groups excluding carboxylic acids is 1. The quantitative estimate of drug-likeness (QED) is 0.798. The number of rotatable bonds is 7. The molecule has 0 aliphatic carbocycles. The normalized spacial score (nSPS) is 10.6. The molecule has 2 aromatic heterocycles. The Kier molecular flexibility index (Phi) is 5.74. The average molecular weight is 345 g/mol. The Bertz CT molecular complexity index is 785. The molecule has 0 spiro atoms. The largest absolute Gasteiger partial charge is 0.478 e. The van der Waals surface area contributed by atoms with E-state index in [1.165, 1.54) is 19.2 Å². The minimum absolute atomic E-state index is 0.0343. The highest BCUT2D eigenvalue weighted by molar-refractivity contribution is 5.96. The molecule has 2 heterocycles. The van der Waals surface area contributed by atoms with Gasteiger partial charge in [0.1, 0.15) is 11.4 Å². The number of aromatic carboxylic acids is 1. The molecule has 0 saturated carbocycles. The van der Waals surface area contributed by atoms with Gasteiger partial charge in [0.25, 0.3) is 0 Å². The molecule has 2 rings (SSSR count). The van der Waals surface area contributed by atoms with Crippen LogP contribution in [0.1, 0.15) is 42.0 Å². The summed E-state index contributed by atoms with van der Waals surface area (Å²) in [5.74, 6) is -1.04. The van der Waals surface area contributed by atoms with E-state index < -0.39 is 5.97 Å². The Morgan fingerprint density at radius 2 is 2.08 bits per heavy atom. The van der Waals surface area contributed by atoms with Crippen LogP contribution in [0.25, 0.3) is 0 Å². The fourth-order valence-electron chi connectivity index (χ4n) is 2.64. The van der Waals surface area contributed by atoms with E-state index in [9.17, 15) is 14.7 Å². The maximum absolute atomic E-state index is 11.6. The zero-order valence-electron chi connectivity index (χ0n) is 14.9. The molecule has 0 saturated heterocycles. The molecule has 0 aromatic carbocycles. The zero-order chi connectivity index (χ0) is 18.6. The summed E-state index contributed by atoms with van der Waals surface area (Å²) >= 11 is 0. The van der Waals surface area contributed by atoms with Gasteiger partial charge in [-0.1, -0.05) is 6.92 Å². The number of nitrogens with zero attached hydrogens (tertiary/aromatic N) is 4. The van der Waals surface area contributed by atoms with Gasteiger partial charge in [0.15, 0.2) is 0 Å². The monoisotopic (exact) mass is 345 g/mol. The Labute approximate surface area is 146 Å². The maximum atomic E-state index is 11.6. The number of aromatic nitrogens is 3. The van der Waals surface area contributed by atoms with Crippen LogP contribution in [0.15, 0.2) is 18.3 Å². The molecule has 0 aliphatic rings. The van der Waals surface area contributed by atoms with Crippen molar-refractivity contribution in [2.75, 3.05) is 17.3 Å². The smallest absolute Gasteiger partial charge is 0.339 e. The van der Waals surface area contributed by atoms with E-state index >= 15 is 0 Å². The Morgan fingerprint density at radius 3 is 2.68 bits per heavy atom. The van der Waals surface area contributed by atoms with Crippen LogP contribution < -0.4 is 10.2 Å².